The summed E-state index contributed by atoms with van der Waals surface area (Å²) >= 11 is 0. The van der Waals surface area contributed by atoms with E-state index in [1.807, 2.05) is 81.4 Å². The molecule has 0 aliphatic carbocycles. The zero-order valence-electron chi connectivity index (χ0n) is 19.4. The molecule has 4 rings (SSSR count). The number of hydrazone groups is 1. The predicted octanol–water partition coefficient (Wildman–Crippen LogP) is 4.70. The number of anilines is 1. The van der Waals surface area contributed by atoms with E-state index in [0.29, 0.717) is 17.9 Å². The van der Waals surface area contributed by atoms with Crippen molar-refractivity contribution in [3.63, 3.8) is 0 Å². The van der Waals surface area contributed by atoms with Crippen LogP contribution < -0.4 is 15.5 Å². The molecule has 2 aromatic carbocycles. The SMILES string of the molecule is CCOc1ccc(-n2c(C)cc(/C=C(/C#N)C3=NN(c4ccccc4)[C@H](N)[C@@H]3C#N)c2C)cc1. The maximum atomic E-state index is 9.98. The molecule has 3 aromatic rings. The van der Waals surface area contributed by atoms with E-state index in [4.69, 9.17) is 10.5 Å². The molecule has 0 spiro atoms. The van der Waals surface area contributed by atoms with Gasteiger partial charge in [-0.15, -0.1) is 0 Å². The number of aromatic nitrogens is 1. The number of nitrogens with two attached hydrogens (primary N) is 1. The molecule has 0 amide bonds. The molecule has 0 saturated heterocycles. The molecule has 0 fully saturated rings. The van der Waals surface area contributed by atoms with Gasteiger partial charge in [-0.25, -0.2) is 5.01 Å². The predicted molar refractivity (Wildman–Crippen MR) is 133 cm³/mol. The lowest BCUT2D eigenvalue weighted by molar-refractivity contribution is 0.340. The van der Waals surface area contributed by atoms with Gasteiger partial charge in [0.05, 0.1) is 29.6 Å². The van der Waals surface area contributed by atoms with Crippen molar-refractivity contribution in [2.45, 2.75) is 26.9 Å². The van der Waals surface area contributed by atoms with E-state index in [9.17, 15) is 10.5 Å². The topological polar surface area (TPSA) is 103 Å². The summed E-state index contributed by atoms with van der Waals surface area (Å²) in [6.07, 6.45) is 1.12. The number of para-hydroxylation sites is 1. The van der Waals surface area contributed by atoms with Gasteiger partial charge in [-0.3, -0.25) is 0 Å². The molecular weight excluding hydrogens is 424 g/mol. The number of hydrogen-bond acceptors (Lipinski definition) is 6. The summed E-state index contributed by atoms with van der Waals surface area (Å²) in [5, 5.41) is 26.0. The molecule has 2 heterocycles. The number of aryl methyl sites for hydroxylation is 1. The first-order chi connectivity index (χ1) is 16.5. The second-order valence-corrected chi connectivity index (χ2v) is 8.02. The van der Waals surface area contributed by atoms with Gasteiger partial charge in [0.25, 0.3) is 0 Å². The third kappa shape index (κ3) is 4.17. The fraction of sp³-hybridized carbons (Fsp3) is 0.222. The van der Waals surface area contributed by atoms with Crippen molar-refractivity contribution in [1.82, 2.24) is 4.57 Å². The Bertz CT molecular complexity index is 1320. The Balaban J connectivity index is 1.72. The summed E-state index contributed by atoms with van der Waals surface area (Å²) in [7, 11) is 0. The first-order valence-corrected chi connectivity index (χ1v) is 11.1. The lowest BCUT2D eigenvalue weighted by atomic mass is 9.95. The van der Waals surface area contributed by atoms with Gasteiger partial charge >= 0.3 is 0 Å². The van der Waals surface area contributed by atoms with Gasteiger partial charge in [-0.1, -0.05) is 18.2 Å². The van der Waals surface area contributed by atoms with Crippen LogP contribution in [0.5, 0.6) is 5.75 Å². The van der Waals surface area contributed by atoms with E-state index >= 15 is 0 Å². The molecule has 0 radical (unpaired) electrons. The Labute approximate surface area is 199 Å². The van der Waals surface area contributed by atoms with Gasteiger partial charge < -0.3 is 15.0 Å². The minimum atomic E-state index is -0.722. The fourth-order valence-electron chi connectivity index (χ4n) is 4.23. The Morgan fingerprint density at radius 1 is 1.09 bits per heavy atom. The quantitative estimate of drug-likeness (QED) is 0.548. The molecule has 0 bridgehead atoms. The van der Waals surface area contributed by atoms with E-state index in [0.717, 1.165) is 34.1 Å². The zero-order chi connectivity index (χ0) is 24.2. The number of allylic oxidation sites excluding steroid dienone is 1. The highest BCUT2D eigenvalue weighted by Crippen LogP contribution is 2.30. The molecule has 1 aliphatic rings. The molecule has 34 heavy (non-hydrogen) atoms. The third-order valence-corrected chi connectivity index (χ3v) is 5.87. The normalized spacial score (nSPS) is 17.8. The van der Waals surface area contributed by atoms with Crippen molar-refractivity contribution in [3.8, 4) is 23.6 Å². The van der Waals surface area contributed by atoms with Crippen LogP contribution in [0.3, 0.4) is 0 Å². The third-order valence-electron chi connectivity index (χ3n) is 5.87. The van der Waals surface area contributed by atoms with Gasteiger partial charge in [0.1, 0.15) is 23.9 Å². The van der Waals surface area contributed by atoms with Crippen LogP contribution in [-0.2, 0) is 0 Å². The van der Waals surface area contributed by atoms with Gasteiger partial charge in [-0.05, 0) is 74.9 Å². The molecule has 170 valence electrons. The smallest absolute Gasteiger partial charge is 0.127 e. The molecule has 1 aliphatic heterocycles. The Kier molecular flexibility index (Phi) is 6.49. The monoisotopic (exact) mass is 450 g/mol. The van der Waals surface area contributed by atoms with Crippen LogP contribution in [0.25, 0.3) is 11.8 Å². The first-order valence-electron chi connectivity index (χ1n) is 11.1. The lowest BCUT2D eigenvalue weighted by Crippen LogP contribution is -2.40. The Morgan fingerprint density at radius 3 is 2.41 bits per heavy atom. The Morgan fingerprint density at radius 2 is 1.79 bits per heavy atom. The minimum Gasteiger partial charge on any atom is -0.494 e. The highest BCUT2D eigenvalue weighted by atomic mass is 16.5. The maximum Gasteiger partial charge on any atom is 0.127 e. The van der Waals surface area contributed by atoms with Crippen molar-refractivity contribution in [1.29, 1.82) is 10.5 Å². The standard InChI is InChI=1S/C27H26N6O/c1-4-34-24-12-10-22(11-13-24)32-18(2)14-20(19(32)3)15-21(16-28)26-25(17-29)27(30)33(31-26)23-8-6-5-7-9-23/h5-15,25,27H,4,30H2,1-3H3/b21-15-/t25-,27+/m1/s1. The van der Waals surface area contributed by atoms with Crippen molar-refractivity contribution in [2.24, 2.45) is 16.8 Å². The first kappa shape index (κ1) is 22.8. The molecule has 1 aromatic heterocycles. The average Bonchev–Trinajstić information content (AvgIpc) is 3.33. The number of hydrogen-bond donors (Lipinski definition) is 1. The second-order valence-electron chi connectivity index (χ2n) is 8.02. The Hall–Kier alpha value is -4.33. The highest BCUT2D eigenvalue weighted by Gasteiger charge is 2.37. The van der Waals surface area contributed by atoms with Gasteiger partial charge in [0, 0.05) is 17.1 Å². The van der Waals surface area contributed by atoms with Crippen LogP contribution >= 0.6 is 0 Å². The van der Waals surface area contributed by atoms with Crippen LogP contribution in [0, 0.1) is 42.4 Å². The number of ether oxygens (including phenoxy) is 1. The molecule has 2 N–H and O–H groups in total. The number of nitriles is 2. The summed E-state index contributed by atoms with van der Waals surface area (Å²) in [6, 6.07) is 23.8. The van der Waals surface area contributed by atoms with Crippen LogP contribution in [0.4, 0.5) is 5.69 Å². The number of nitrogens with zero attached hydrogens (tertiary/aromatic N) is 5. The van der Waals surface area contributed by atoms with Gasteiger partial charge in [-0.2, -0.15) is 15.6 Å². The molecule has 2 atom stereocenters. The molecule has 0 unspecified atom stereocenters. The summed E-state index contributed by atoms with van der Waals surface area (Å²) in [6.45, 7) is 6.60. The van der Waals surface area contributed by atoms with Crippen LogP contribution in [0.2, 0.25) is 0 Å². The van der Waals surface area contributed by atoms with E-state index < -0.39 is 12.1 Å². The van der Waals surface area contributed by atoms with Gasteiger partial charge in [0.15, 0.2) is 0 Å². The lowest BCUT2D eigenvalue weighted by Gasteiger charge is -2.21. The van der Waals surface area contributed by atoms with Crippen molar-refractivity contribution in [3.05, 3.63) is 83.2 Å². The van der Waals surface area contributed by atoms with Crippen molar-refractivity contribution < 1.29 is 4.74 Å². The molecular formula is C27H26N6O. The average molecular weight is 451 g/mol. The minimum absolute atomic E-state index is 0.326. The van der Waals surface area contributed by atoms with Gasteiger partial charge in [0.2, 0.25) is 0 Å². The zero-order valence-corrected chi connectivity index (χ0v) is 19.4. The summed E-state index contributed by atoms with van der Waals surface area (Å²) in [5.41, 5.74) is 11.7. The maximum absolute atomic E-state index is 9.98. The summed E-state index contributed by atoms with van der Waals surface area (Å²) in [5.74, 6) is 0.0994. The molecule has 7 nitrogen and oxygen atoms in total. The molecule has 0 saturated carbocycles. The van der Waals surface area contributed by atoms with E-state index in [2.05, 4.69) is 21.8 Å². The largest absolute Gasteiger partial charge is 0.494 e. The van der Waals surface area contributed by atoms with Crippen molar-refractivity contribution in [2.75, 3.05) is 11.6 Å². The van der Waals surface area contributed by atoms with E-state index in [1.54, 1.807) is 11.1 Å². The van der Waals surface area contributed by atoms with Crippen LogP contribution in [0.15, 0.2) is 71.3 Å². The number of rotatable bonds is 6. The summed E-state index contributed by atoms with van der Waals surface area (Å²) in [4.78, 5) is 0. The summed E-state index contributed by atoms with van der Waals surface area (Å²) < 4.78 is 7.67. The van der Waals surface area contributed by atoms with Crippen molar-refractivity contribution >= 4 is 17.5 Å². The second kappa shape index (κ2) is 9.66. The fourth-order valence-corrected chi connectivity index (χ4v) is 4.23. The van der Waals surface area contributed by atoms with E-state index in [-0.39, 0.29) is 0 Å². The van der Waals surface area contributed by atoms with Crippen LogP contribution in [-0.4, -0.2) is 23.1 Å². The van der Waals surface area contributed by atoms with Crippen LogP contribution in [0.1, 0.15) is 23.9 Å². The highest BCUT2D eigenvalue weighted by molar-refractivity contribution is 6.11. The van der Waals surface area contributed by atoms with E-state index in [1.165, 1.54) is 0 Å². The number of benzene rings is 2. The molecule has 7 heteroatoms.